The van der Waals surface area contributed by atoms with Crippen molar-refractivity contribution in [3.8, 4) is 0 Å². The SMILES string of the molecule is Cc1ccc2oc(=O)n(CCC(=O)NCC3CCS(=O)(=O)CC3)c2c1. The number of fused-ring (bicyclic) bond motifs is 1. The summed E-state index contributed by atoms with van der Waals surface area (Å²) in [6, 6.07) is 5.48. The van der Waals surface area contributed by atoms with Crippen molar-refractivity contribution < 1.29 is 17.6 Å². The number of aromatic nitrogens is 1. The smallest absolute Gasteiger partial charge is 0.408 e. The van der Waals surface area contributed by atoms with Crippen molar-refractivity contribution in [1.29, 1.82) is 0 Å². The Kier molecular flexibility index (Phi) is 4.99. The first-order valence-corrected chi connectivity index (χ1v) is 10.2. The Bertz CT molecular complexity index is 928. The van der Waals surface area contributed by atoms with E-state index in [1.807, 2.05) is 19.1 Å². The zero-order chi connectivity index (χ0) is 18.0. The van der Waals surface area contributed by atoms with Crippen molar-refractivity contribution >= 4 is 26.8 Å². The summed E-state index contributed by atoms with van der Waals surface area (Å²) in [7, 11) is -2.88. The Morgan fingerprint density at radius 1 is 1.32 bits per heavy atom. The molecule has 0 atom stereocenters. The summed E-state index contributed by atoms with van der Waals surface area (Å²) < 4.78 is 29.5. The highest BCUT2D eigenvalue weighted by atomic mass is 32.2. The number of aryl methyl sites for hydroxylation is 2. The van der Waals surface area contributed by atoms with Gasteiger partial charge in [0.15, 0.2) is 5.58 Å². The van der Waals surface area contributed by atoms with Gasteiger partial charge in [0.05, 0.1) is 17.0 Å². The molecule has 1 aromatic heterocycles. The average Bonchev–Trinajstić information content (AvgIpc) is 2.86. The number of oxazole rings is 1. The highest BCUT2D eigenvalue weighted by Gasteiger charge is 2.23. The third-order valence-electron chi connectivity index (χ3n) is 4.65. The van der Waals surface area contributed by atoms with Gasteiger partial charge in [-0.2, -0.15) is 0 Å². The molecule has 1 amide bonds. The number of rotatable bonds is 5. The zero-order valence-electron chi connectivity index (χ0n) is 14.2. The molecule has 0 radical (unpaired) electrons. The summed E-state index contributed by atoms with van der Waals surface area (Å²) in [6.45, 7) is 2.66. The number of hydrogen-bond donors (Lipinski definition) is 1. The minimum Gasteiger partial charge on any atom is -0.408 e. The highest BCUT2D eigenvalue weighted by molar-refractivity contribution is 7.91. The third-order valence-corrected chi connectivity index (χ3v) is 6.36. The number of sulfone groups is 1. The van der Waals surface area contributed by atoms with Gasteiger partial charge in [0.25, 0.3) is 0 Å². The maximum absolute atomic E-state index is 12.0. The standard InChI is InChI=1S/C17H22N2O5S/c1-12-2-3-15-14(10-12)19(17(21)24-15)7-4-16(20)18-11-13-5-8-25(22,23)9-6-13/h2-3,10,13H,4-9,11H2,1H3,(H,18,20). The van der Waals surface area contributed by atoms with Crippen LogP contribution in [0.15, 0.2) is 27.4 Å². The molecule has 136 valence electrons. The fourth-order valence-corrected chi connectivity index (χ4v) is 4.68. The summed E-state index contributed by atoms with van der Waals surface area (Å²) in [4.78, 5) is 24.0. The lowest BCUT2D eigenvalue weighted by molar-refractivity contribution is -0.121. The van der Waals surface area contributed by atoms with E-state index in [9.17, 15) is 18.0 Å². The van der Waals surface area contributed by atoms with Crippen LogP contribution in [0.1, 0.15) is 24.8 Å². The predicted octanol–water partition coefficient (Wildman–Crippen LogP) is 1.23. The summed E-state index contributed by atoms with van der Waals surface area (Å²) in [6.07, 6.45) is 1.36. The second kappa shape index (κ2) is 7.03. The quantitative estimate of drug-likeness (QED) is 0.858. The van der Waals surface area contributed by atoms with Crippen molar-refractivity contribution in [2.45, 2.75) is 32.7 Å². The van der Waals surface area contributed by atoms with E-state index in [0.29, 0.717) is 30.5 Å². The van der Waals surface area contributed by atoms with Crippen molar-refractivity contribution in [3.05, 3.63) is 34.3 Å². The molecular formula is C17H22N2O5S. The number of carbonyl (C=O) groups is 1. The molecule has 8 heteroatoms. The molecule has 25 heavy (non-hydrogen) atoms. The van der Waals surface area contributed by atoms with Gasteiger partial charge in [0.2, 0.25) is 5.91 Å². The lowest BCUT2D eigenvalue weighted by atomic mass is 10.0. The molecule has 0 unspecified atom stereocenters. The third kappa shape index (κ3) is 4.31. The molecule has 0 spiro atoms. The van der Waals surface area contributed by atoms with Gasteiger partial charge in [-0.3, -0.25) is 9.36 Å². The largest absolute Gasteiger partial charge is 0.419 e. The molecule has 1 N–H and O–H groups in total. The average molecular weight is 366 g/mol. The van der Waals surface area contributed by atoms with Crippen LogP contribution < -0.4 is 11.1 Å². The molecule has 2 aromatic rings. The minimum atomic E-state index is -2.88. The number of carbonyl (C=O) groups excluding carboxylic acids is 1. The van der Waals surface area contributed by atoms with Gasteiger partial charge in [-0.1, -0.05) is 6.07 Å². The molecule has 0 aliphatic carbocycles. The van der Waals surface area contributed by atoms with Crippen molar-refractivity contribution in [2.75, 3.05) is 18.1 Å². The van der Waals surface area contributed by atoms with E-state index in [1.165, 1.54) is 4.57 Å². The van der Waals surface area contributed by atoms with E-state index in [1.54, 1.807) is 6.07 Å². The fourth-order valence-electron chi connectivity index (χ4n) is 3.09. The van der Waals surface area contributed by atoms with Crippen LogP contribution in [-0.4, -0.2) is 36.9 Å². The Balaban J connectivity index is 1.54. The molecule has 0 saturated carbocycles. The van der Waals surface area contributed by atoms with Crippen LogP contribution in [0.2, 0.25) is 0 Å². The van der Waals surface area contributed by atoms with Crippen LogP contribution in [0.25, 0.3) is 11.1 Å². The van der Waals surface area contributed by atoms with E-state index in [-0.39, 0.29) is 36.3 Å². The number of benzene rings is 1. The summed E-state index contributed by atoms with van der Waals surface area (Å²) in [5, 5.41) is 2.84. The molecule has 0 bridgehead atoms. The van der Waals surface area contributed by atoms with Crippen LogP contribution >= 0.6 is 0 Å². The van der Waals surface area contributed by atoms with Crippen LogP contribution in [-0.2, 0) is 21.2 Å². The van der Waals surface area contributed by atoms with Gasteiger partial charge < -0.3 is 9.73 Å². The molecule has 1 aromatic carbocycles. The molecule has 1 aliphatic heterocycles. The topological polar surface area (TPSA) is 98.4 Å². The number of nitrogens with one attached hydrogen (secondary N) is 1. The predicted molar refractivity (Wildman–Crippen MR) is 94.2 cm³/mol. The van der Waals surface area contributed by atoms with E-state index < -0.39 is 15.6 Å². The maximum atomic E-state index is 12.0. The first-order valence-electron chi connectivity index (χ1n) is 8.41. The van der Waals surface area contributed by atoms with Gasteiger partial charge in [0.1, 0.15) is 9.84 Å². The van der Waals surface area contributed by atoms with Gasteiger partial charge in [-0.05, 0) is 43.4 Å². The fraction of sp³-hybridized carbons (Fsp3) is 0.529. The highest BCUT2D eigenvalue weighted by Crippen LogP contribution is 2.18. The van der Waals surface area contributed by atoms with Crippen LogP contribution in [0.5, 0.6) is 0 Å². The number of nitrogens with zero attached hydrogens (tertiary/aromatic N) is 1. The second-order valence-corrected chi connectivity index (χ2v) is 8.94. The minimum absolute atomic E-state index is 0.151. The van der Waals surface area contributed by atoms with Crippen LogP contribution in [0, 0.1) is 12.8 Å². The number of amides is 1. The van der Waals surface area contributed by atoms with Crippen LogP contribution in [0.3, 0.4) is 0 Å². The normalized spacial score (nSPS) is 17.6. The summed E-state index contributed by atoms with van der Waals surface area (Å²) >= 11 is 0. The van der Waals surface area contributed by atoms with Gasteiger partial charge in [-0.25, -0.2) is 13.2 Å². The maximum Gasteiger partial charge on any atom is 0.419 e. The molecule has 1 saturated heterocycles. The zero-order valence-corrected chi connectivity index (χ0v) is 15.0. The molecule has 3 rings (SSSR count). The second-order valence-electron chi connectivity index (χ2n) is 6.64. The van der Waals surface area contributed by atoms with Crippen molar-refractivity contribution in [3.63, 3.8) is 0 Å². The lowest BCUT2D eigenvalue weighted by Crippen LogP contribution is -2.34. The van der Waals surface area contributed by atoms with Crippen molar-refractivity contribution in [2.24, 2.45) is 5.92 Å². The molecular weight excluding hydrogens is 344 g/mol. The van der Waals surface area contributed by atoms with Crippen LogP contribution in [0.4, 0.5) is 0 Å². The van der Waals surface area contributed by atoms with E-state index in [2.05, 4.69) is 5.32 Å². The van der Waals surface area contributed by atoms with Gasteiger partial charge in [0, 0.05) is 19.5 Å². The number of hydrogen-bond acceptors (Lipinski definition) is 5. The molecule has 1 fully saturated rings. The molecule has 1 aliphatic rings. The summed E-state index contributed by atoms with van der Waals surface area (Å²) in [5.74, 6) is -0.0205. The van der Waals surface area contributed by atoms with Gasteiger partial charge in [-0.15, -0.1) is 0 Å². The Hall–Kier alpha value is -2.09. The first kappa shape index (κ1) is 17.7. The van der Waals surface area contributed by atoms with E-state index in [0.717, 1.165) is 5.56 Å². The summed E-state index contributed by atoms with van der Waals surface area (Å²) in [5.41, 5.74) is 2.22. The lowest BCUT2D eigenvalue weighted by Gasteiger charge is -2.22. The van der Waals surface area contributed by atoms with E-state index in [4.69, 9.17) is 4.42 Å². The van der Waals surface area contributed by atoms with Crippen molar-refractivity contribution in [1.82, 2.24) is 9.88 Å². The molecule has 7 nitrogen and oxygen atoms in total. The van der Waals surface area contributed by atoms with Gasteiger partial charge >= 0.3 is 5.76 Å². The first-order chi connectivity index (χ1) is 11.8. The Morgan fingerprint density at radius 3 is 2.76 bits per heavy atom. The Labute approximate surface area is 145 Å². The monoisotopic (exact) mass is 366 g/mol. The Morgan fingerprint density at radius 2 is 2.04 bits per heavy atom. The van der Waals surface area contributed by atoms with E-state index >= 15 is 0 Å². The molecule has 2 heterocycles.